The van der Waals surface area contributed by atoms with Crippen molar-refractivity contribution in [1.29, 1.82) is 0 Å². The molecule has 4 aromatic carbocycles. The topological polar surface area (TPSA) is 66.5 Å². The van der Waals surface area contributed by atoms with Gasteiger partial charge in [-0.05, 0) is 36.1 Å². The van der Waals surface area contributed by atoms with Gasteiger partial charge in [-0.2, -0.15) is 8.78 Å². The third-order valence-electron chi connectivity index (χ3n) is 8.30. The molecule has 0 radical (unpaired) electrons. The van der Waals surface area contributed by atoms with Gasteiger partial charge in [0, 0.05) is 6.54 Å². The van der Waals surface area contributed by atoms with Crippen LogP contribution in [-0.2, 0) is 54.2 Å². The van der Waals surface area contributed by atoms with E-state index in [1.807, 2.05) is 121 Å². The lowest BCUT2D eigenvalue weighted by Gasteiger charge is -2.38. The molecule has 5 rings (SSSR count). The Balaban J connectivity index is 1.59. The molecule has 0 aliphatic carbocycles. The normalized spacial score (nSPS) is 20.2. The summed E-state index contributed by atoms with van der Waals surface area (Å²) in [5.41, 5.74) is -0.570. The summed E-state index contributed by atoms with van der Waals surface area (Å²) >= 11 is 0. The summed E-state index contributed by atoms with van der Waals surface area (Å²) in [7, 11) is -5.00. The highest BCUT2D eigenvalue weighted by atomic mass is 31.2. The lowest BCUT2D eigenvalue weighted by molar-refractivity contribution is -0.114. The number of likely N-dealkylation sites (tertiary alicyclic amines) is 1. The second-order valence-corrected chi connectivity index (χ2v) is 13.7. The highest BCUT2D eigenvalue weighted by Crippen LogP contribution is 2.65. The molecule has 0 spiro atoms. The van der Waals surface area contributed by atoms with Crippen molar-refractivity contribution in [1.82, 2.24) is 4.90 Å². The van der Waals surface area contributed by atoms with E-state index in [0.717, 1.165) is 22.3 Å². The van der Waals surface area contributed by atoms with Crippen molar-refractivity contribution in [2.45, 2.75) is 70.2 Å². The van der Waals surface area contributed by atoms with Crippen LogP contribution in [0.25, 0.3) is 0 Å². The molecule has 0 amide bonds. The summed E-state index contributed by atoms with van der Waals surface area (Å²) in [5.74, 6) is 0. The average Bonchev–Trinajstić information content (AvgIpc) is 3.40. The Morgan fingerprint density at radius 1 is 0.625 bits per heavy atom. The molecule has 0 N–H and O–H groups in total. The van der Waals surface area contributed by atoms with E-state index in [-0.39, 0.29) is 46.2 Å². The maximum atomic E-state index is 17.2. The first-order valence-corrected chi connectivity index (χ1v) is 17.9. The van der Waals surface area contributed by atoms with Crippen molar-refractivity contribution in [2.24, 2.45) is 0 Å². The maximum absolute atomic E-state index is 17.2. The van der Waals surface area contributed by atoms with Crippen LogP contribution in [0, 0.1) is 0 Å². The van der Waals surface area contributed by atoms with E-state index in [1.54, 1.807) is 4.90 Å². The van der Waals surface area contributed by atoms with Gasteiger partial charge in [-0.1, -0.05) is 121 Å². The molecule has 7 nitrogen and oxygen atoms in total. The van der Waals surface area contributed by atoms with Gasteiger partial charge >= 0.3 is 13.3 Å². The third-order valence-corrected chi connectivity index (χ3v) is 10.5. The molecule has 48 heavy (non-hydrogen) atoms. The van der Waals surface area contributed by atoms with Gasteiger partial charge in [-0.25, -0.2) is 0 Å². The minimum Gasteiger partial charge on any atom is -0.375 e. The standard InChI is InChI=1S/C38H44F2NO6P/c1-3-46-48(42,47-4-2)38(39,40)37-36(45-28-33-23-15-8-16-24-33)35(44-27-32-21-13-7-14-22-32)34(29-43-26-31-19-11-6-12-20-31)41(37)25-30-17-9-5-10-18-30/h5-24,34-37H,3-4,25-29H2,1-2H3/t34-,35-,36+,37+/m1/s1. The van der Waals surface area contributed by atoms with Gasteiger partial charge in [0.05, 0.1) is 45.7 Å². The van der Waals surface area contributed by atoms with Gasteiger partial charge in [0.15, 0.2) is 0 Å². The fraction of sp³-hybridized carbons (Fsp3) is 0.368. The zero-order chi connectivity index (χ0) is 33.8. The Morgan fingerprint density at radius 2 is 1.04 bits per heavy atom. The SMILES string of the molecule is CCOP(=O)(OCC)C(F)(F)[C@@H]1[C@@H](OCc2ccccc2)[C@H](OCc2ccccc2)[C@@H](COCc2ccccc2)N1Cc1ccccc1. The van der Waals surface area contributed by atoms with Crippen LogP contribution in [0.2, 0.25) is 0 Å². The van der Waals surface area contributed by atoms with Crippen molar-refractivity contribution in [3.63, 3.8) is 0 Å². The first kappa shape index (κ1) is 36.0. The average molecular weight is 680 g/mol. The van der Waals surface area contributed by atoms with Gasteiger partial charge in [-0.15, -0.1) is 0 Å². The van der Waals surface area contributed by atoms with Crippen LogP contribution in [0.3, 0.4) is 0 Å². The Kier molecular flexibility index (Phi) is 13.1. The zero-order valence-corrected chi connectivity index (χ0v) is 28.3. The predicted octanol–water partition coefficient (Wildman–Crippen LogP) is 8.49. The van der Waals surface area contributed by atoms with Crippen LogP contribution in [0.5, 0.6) is 0 Å². The van der Waals surface area contributed by atoms with E-state index in [2.05, 4.69) is 0 Å². The number of hydrogen-bond donors (Lipinski definition) is 0. The summed E-state index contributed by atoms with van der Waals surface area (Å²) in [6.45, 7) is 3.21. The second kappa shape index (κ2) is 17.4. The van der Waals surface area contributed by atoms with E-state index in [9.17, 15) is 4.57 Å². The van der Waals surface area contributed by atoms with E-state index in [0.29, 0.717) is 0 Å². The fourth-order valence-electron chi connectivity index (χ4n) is 6.09. The lowest BCUT2D eigenvalue weighted by atomic mass is 10.1. The molecule has 4 aromatic rings. The van der Waals surface area contributed by atoms with E-state index < -0.39 is 37.6 Å². The Labute approximate surface area is 282 Å². The van der Waals surface area contributed by atoms with Crippen molar-refractivity contribution in [2.75, 3.05) is 19.8 Å². The number of ether oxygens (including phenoxy) is 3. The lowest BCUT2D eigenvalue weighted by Crippen LogP contribution is -2.52. The highest BCUT2D eigenvalue weighted by Gasteiger charge is 2.68. The van der Waals surface area contributed by atoms with Gasteiger partial charge in [-0.3, -0.25) is 9.46 Å². The van der Waals surface area contributed by atoms with Crippen LogP contribution in [-0.4, -0.2) is 54.7 Å². The monoisotopic (exact) mass is 679 g/mol. The molecule has 1 aliphatic heterocycles. The minimum absolute atomic E-state index is 0.0353. The van der Waals surface area contributed by atoms with E-state index in [4.69, 9.17) is 23.3 Å². The molecule has 4 atom stereocenters. The van der Waals surface area contributed by atoms with Gasteiger partial charge < -0.3 is 23.3 Å². The summed E-state index contributed by atoms with van der Waals surface area (Å²) < 4.78 is 78.5. The third kappa shape index (κ3) is 8.84. The summed E-state index contributed by atoms with van der Waals surface area (Å²) in [5, 5.41) is 0. The molecule has 0 aromatic heterocycles. The Hall–Kier alpha value is -3.27. The van der Waals surface area contributed by atoms with E-state index in [1.165, 1.54) is 13.8 Å². The van der Waals surface area contributed by atoms with Crippen LogP contribution in [0.4, 0.5) is 8.78 Å². The van der Waals surface area contributed by atoms with Crippen LogP contribution >= 0.6 is 7.60 Å². The summed E-state index contributed by atoms with van der Waals surface area (Å²) in [6.07, 6.45) is -2.15. The number of benzene rings is 4. The first-order chi connectivity index (χ1) is 23.4. The summed E-state index contributed by atoms with van der Waals surface area (Å²) in [6, 6.07) is 35.4. The molecular formula is C38H44F2NO6P. The molecule has 0 saturated carbocycles. The highest BCUT2D eigenvalue weighted by molar-refractivity contribution is 7.55. The number of rotatable bonds is 18. The molecule has 1 fully saturated rings. The zero-order valence-electron chi connectivity index (χ0n) is 27.4. The molecule has 1 aliphatic rings. The first-order valence-electron chi connectivity index (χ1n) is 16.4. The van der Waals surface area contributed by atoms with Crippen molar-refractivity contribution in [3.05, 3.63) is 144 Å². The van der Waals surface area contributed by atoms with Crippen molar-refractivity contribution >= 4 is 7.60 Å². The van der Waals surface area contributed by atoms with Gasteiger partial charge in [0.25, 0.3) is 0 Å². The van der Waals surface area contributed by atoms with Crippen molar-refractivity contribution < 1.29 is 36.6 Å². The maximum Gasteiger partial charge on any atom is 0.401 e. The van der Waals surface area contributed by atoms with E-state index >= 15 is 8.78 Å². The van der Waals surface area contributed by atoms with Gasteiger partial charge in [0.2, 0.25) is 0 Å². The van der Waals surface area contributed by atoms with Crippen LogP contribution < -0.4 is 0 Å². The van der Waals surface area contributed by atoms with Gasteiger partial charge in [0.1, 0.15) is 18.2 Å². The molecular weight excluding hydrogens is 635 g/mol. The smallest absolute Gasteiger partial charge is 0.375 e. The molecule has 1 heterocycles. The largest absolute Gasteiger partial charge is 0.401 e. The predicted molar refractivity (Wildman–Crippen MR) is 182 cm³/mol. The number of alkyl halides is 2. The minimum atomic E-state index is -5.00. The molecule has 256 valence electrons. The Morgan fingerprint density at radius 3 is 1.50 bits per heavy atom. The fourth-order valence-corrected chi connectivity index (χ4v) is 7.81. The quantitative estimate of drug-likeness (QED) is 0.0978. The molecule has 0 unspecified atom stereocenters. The van der Waals surface area contributed by atoms with Crippen LogP contribution in [0.15, 0.2) is 121 Å². The molecule has 10 heteroatoms. The summed E-state index contributed by atoms with van der Waals surface area (Å²) in [4.78, 5) is 1.62. The second-order valence-electron chi connectivity index (χ2n) is 11.6. The Bertz CT molecular complexity index is 1540. The van der Waals surface area contributed by atoms with Crippen molar-refractivity contribution in [3.8, 4) is 0 Å². The molecule has 1 saturated heterocycles. The van der Waals surface area contributed by atoms with Crippen LogP contribution in [0.1, 0.15) is 36.1 Å². The number of hydrogen-bond acceptors (Lipinski definition) is 7. The number of halogens is 2. The number of nitrogens with zero attached hydrogens (tertiary/aromatic N) is 1. The molecule has 0 bridgehead atoms.